The minimum atomic E-state index is -0.719. The molecule has 0 fully saturated rings. The summed E-state index contributed by atoms with van der Waals surface area (Å²) < 4.78 is 17.3. The topological polar surface area (TPSA) is 40.0 Å². The highest BCUT2D eigenvalue weighted by Crippen LogP contribution is 2.43. The zero-order valence-electron chi connectivity index (χ0n) is 13.5. The van der Waals surface area contributed by atoms with Gasteiger partial charge in [0.2, 0.25) is 11.5 Å². The third kappa shape index (κ3) is 2.94. The maximum Gasteiger partial charge on any atom is 0.238 e. The van der Waals surface area contributed by atoms with Crippen molar-refractivity contribution in [3.8, 4) is 5.75 Å². The quantitative estimate of drug-likeness (QED) is 0.781. The summed E-state index contributed by atoms with van der Waals surface area (Å²) in [6.07, 6.45) is 1.57. The van der Waals surface area contributed by atoms with Gasteiger partial charge in [0.25, 0.3) is 0 Å². The van der Waals surface area contributed by atoms with Crippen molar-refractivity contribution in [2.75, 3.05) is 20.8 Å². The van der Waals surface area contributed by atoms with Crippen molar-refractivity contribution in [1.82, 2.24) is 0 Å². The van der Waals surface area contributed by atoms with E-state index in [1.165, 1.54) is 0 Å². The monoisotopic (exact) mass is 311 g/mol. The first-order valence-electron chi connectivity index (χ1n) is 7.76. The van der Waals surface area contributed by atoms with Crippen LogP contribution in [0, 0.1) is 0 Å². The van der Waals surface area contributed by atoms with E-state index < -0.39 is 5.60 Å². The molecule has 0 N–H and O–H groups in total. The first kappa shape index (κ1) is 15.6. The average Bonchev–Trinajstić information content (AvgIpc) is 2.62. The number of aliphatic imine (C=N–C) groups is 1. The fourth-order valence-corrected chi connectivity index (χ4v) is 2.93. The molecule has 1 aliphatic rings. The van der Waals surface area contributed by atoms with Gasteiger partial charge in [0, 0.05) is 25.7 Å². The predicted molar refractivity (Wildman–Crippen MR) is 90.4 cm³/mol. The maximum absolute atomic E-state index is 6.44. The van der Waals surface area contributed by atoms with Gasteiger partial charge in [-0.05, 0) is 18.6 Å². The van der Waals surface area contributed by atoms with Crippen molar-refractivity contribution in [2.45, 2.75) is 18.4 Å². The number of fused-ring (bicyclic) bond motifs is 1. The third-order valence-corrected chi connectivity index (χ3v) is 4.03. The molecule has 0 amide bonds. The second-order valence-corrected chi connectivity index (χ2v) is 5.48. The van der Waals surface area contributed by atoms with Crippen molar-refractivity contribution in [1.29, 1.82) is 0 Å². The van der Waals surface area contributed by atoms with E-state index in [-0.39, 0.29) is 0 Å². The zero-order valence-corrected chi connectivity index (χ0v) is 13.5. The summed E-state index contributed by atoms with van der Waals surface area (Å²) >= 11 is 0. The summed E-state index contributed by atoms with van der Waals surface area (Å²) in [6.45, 7) is 0.663. The van der Waals surface area contributed by atoms with Crippen LogP contribution in [0.4, 0.5) is 5.69 Å². The largest absolute Gasteiger partial charge is 0.481 e. The van der Waals surface area contributed by atoms with Crippen LogP contribution in [-0.2, 0) is 15.1 Å². The molecule has 0 radical (unpaired) electrons. The molecule has 1 heterocycles. The number of benzene rings is 2. The lowest BCUT2D eigenvalue weighted by molar-refractivity contribution is 0.0828. The summed E-state index contributed by atoms with van der Waals surface area (Å²) in [5.74, 6) is 1.35. The first-order chi connectivity index (χ1) is 11.3. The Hall–Kier alpha value is -2.33. The van der Waals surface area contributed by atoms with E-state index in [0.29, 0.717) is 12.5 Å². The molecule has 0 aliphatic carbocycles. The molecule has 23 heavy (non-hydrogen) atoms. The van der Waals surface area contributed by atoms with Crippen LogP contribution in [0.5, 0.6) is 5.75 Å². The molecule has 0 unspecified atom stereocenters. The summed E-state index contributed by atoms with van der Waals surface area (Å²) in [4.78, 5) is 4.70. The molecule has 120 valence electrons. The van der Waals surface area contributed by atoms with Gasteiger partial charge in [-0.2, -0.15) is 0 Å². The fraction of sp³-hybridized carbons (Fsp3) is 0.316. The predicted octanol–water partition coefficient (Wildman–Crippen LogP) is 4.08. The second kappa shape index (κ2) is 6.84. The molecule has 0 spiro atoms. The van der Waals surface area contributed by atoms with Crippen LogP contribution >= 0.6 is 0 Å². The van der Waals surface area contributed by atoms with Crippen LogP contribution < -0.4 is 4.74 Å². The lowest BCUT2D eigenvalue weighted by Crippen LogP contribution is -2.44. The standard InChI is InChI=1S/C19H21NO3/c1-21-14-8-13-19(15-9-4-3-5-10-15)18(22-2)20-16-11-6-7-12-17(16)23-19/h3-7,9-12H,8,13-14H2,1-2H3/t19-/m1/s1. The minimum absolute atomic E-state index is 0.582. The van der Waals surface area contributed by atoms with E-state index in [9.17, 15) is 0 Å². The van der Waals surface area contributed by atoms with Gasteiger partial charge in [-0.15, -0.1) is 0 Å². The van der Waals surface area contributed by atoms with Crippen LogP contribution in [0.2, 0.25) is 0 Å². The smallest absolute Gasteiger partial charge is 0.238 e. The van der Waals surface area contributed by atoms with Gasteiger partial charge in [0.1, 0.15) is 11.4 Å². The molecular weight excluding hydrogens is 290 g/mol. The van der Waals surface area contributed by atoms with Crippen LogP contribution in [0.1, 0.15) is 18.4 Å². The highest BCUT2D eigenvalue weighted by molar-refractivity contribution is 5.91. The van der Waals surface area contributed by atoms with E-state index in [4.69, 9.17) is 19.2 Å². The van der Waals surface area contributed by atoms with Crippen LogP contribution in [0.3, 0.4) is 0 Å². The van der Waals surface area contributed by atoms with Crippen molar-refractivity contribution in [2.24, 2.45) is 4.99 Å². The van der Waals surface area contributed by atoms with Gasteiger partial charge >= 0.3 is 0 Å². The summed E-state index contributed by atoms with van der Waals surface area (Å²) in [6, 6.07) is 17.9. The van der Waals surface area contributed by atoms with Crippen LogP contribution in [-0.4, -0.2) is 26.7 Å². The normalized spacial score (nSPS) is 19.5. The molecule has 0 bridgehead atoms. The number of hydrogen-bond donors (Lipinski definition) is 0. The lowest BCUT2D eigenvalue weighted by Gasteiger charge is -2.37. The summed E-state index contributed by atoms with van der Waals surface area (Å²) in [5, 5.41) is 0. The third-order valence-electron chi connectivity index (χ3n) is 4.03. The molecule has 2 aromatic carbocycles. The number of hydrogen-bond acceptors (Lipinski definition) is 4. The molecule has 0 saturated heterocycles. The van der Waals surface area contributed by atoms with Crippen molar-refractivity contribution < 1.29 is 14.2 Å². The number of ether oxygens (including phenoxy) is 3. The van der Waals surface area contributed by atoms with E-state index in [0.717, 1.165) is 29.8 Å². The molecule has 1 aliphatic heterocycles. The molecule has 4 nitrogen and oxygen atoms in total. The second-order valence-electron chi connectivity index (χ2n) is 5.48. The number of nitrogens with zero attached hydrogens (tertiary/aromatic N) is 1. The SMILES string of the molecule is COCCC[C@]1(c2ccccc2)Oc2ccccc2N=C1OC. The average molecular weight is 311 g/mol. The zero-order chi connectivity index (χ0) is 16.1. The Morgan fingerprint density at radius 2 is 1.74 bits per heavy atom. The van der Waals surface area contributed by atoms with Crippen LogP contribution in [0.25, 0.3) is 0 Å². The first-order valence-corrected chi connectivity index (χ1v) is 7.76. The number of rotatable bonds is 5. The molecule has 2 aromatic rings. The Labute approximate surface area is 136 Å². The molecule has 1 atom stereocenters. The summed E-state index contributed by atoms with van der Waals surface area (Å²) in [7, 11) is 3.35. The highest BCUT2D eigenvalue weighted by Gasteiger charge is 2.44. The summed E-state index contributed by atoms with van der Waals surface area (Å²) in [5.41, 5.74) is 1.11. The maximum atomic E-state index is 6.44. The van der Waals surface area contributed by atoms with Crippen LogP contribution in [0.15, 0.2) is 59.6 Å². The van der Waals surface area contributed by atoms with Gasteiger partial charge < -0.3 is 14.2 Å². The van der Waals surface area contributed by atoms with Gasteiger partial charge in [-0.25, -0.2) is 4.99 Å². The van der Waals surface area contributed by atoms with E-state index in [1.54, 1.807) is 14.2 Å². The van der Waals surface area contributed by atoms with E-state index in [2.05, 4.69) is 12.1 Å². The van der Waals surface area contributed by atoms with Gasteiger partial charge in [0.05, 0.1) is 7.11 Å². The Kier molecular flexibility index (Phi) is 4.63. The molecule has 4 heteroatoms. The van der Waals surface area contributed by atoms with Gasteiger partial charge in [-0.1, -0.05) is 42.5 Å². The molecular formula is C19H21NO3. The van der Waals surface area contributed by atoms with E-state index in [1.807, 2.05) is 42.5 Å². The lowest BCUT2D eigenvalue weighted by atomic mass is 9.87. The van der Waals surface area contributed by atoms with E-state index >= 15 is 0 Å². The Balaban J connectivity index is 2.08. The van der Waals surface area contributed by atoms with Crippen molar-refractivity contribution >= 4 is 11.6 Å². The number of para-hydroxylation sites is 2. The molecule has 0 aromatic heterocycles. The van der Waals surface area contributed by atoms with Crippen molar-refractivity contribution in [3.05, 3.63) is 60.2 Å². The van der Waals surface area contributed by atoms with Gasteiger partial charge in [-0.3, -0.25) is 0 Å². The molecule has 3 rings (SSSR count). The Bertz CT molecular complexity index is 684. The Morgan fingerprint density at radius 1 is 1.00 bits per heavy atom. The Morgan fingerprint density at radius 3 is 2.48 bits per heavy atom. The minimum Gasteiger partial charge on any atom is -0.481 e. The number of methoxy groups -OCH3 is 2. The van der Waals surface area contributed by atoms with Crippen molar-refractivity contribution in [3.63, 3.8) is 0 Å². The highest BCUT2D eigenvalue weighted by atomic mass is 16.6. The molecule has 0 saturated carbocycles. The van der Waals surface area contributed by atoms with Gasteiger partial charge in [0.15, 0.2) is 0 Å². The fourth-order valence-electron chi connectivity index (χ4n) is 2.93.